The molecule has 0 saturated carbocycles. The summed E-state index contributed by atoms with van der Waals surface area (Å²) in [5.74, 6) is 0. The van der Waals surface area contributed by atoms with Crippen molar-refractivity contribution >= 4 is 38.0 Å². The van der Waals surface area contributed by atoms with Gasteiger partial charge in [-0.25, -0.2) is 0 Å². The first-order valence-corrected chi connectivity index (χ1v) is 10.7. The van der Waals surface area contributed by atoms with E-state index in [0.29, 0.717) is 0 Å². The van der Waals surface area contributed by atoms with Crippen molar-refractivity contribution < 1.29 is 5.11 Å². The van der Waals surface area contributed by atoms with Gasteiger partial charge >= 0.3 is 0 Å². The van der Waals surface area contributed by atoms with Gasteiger partial charge in [-0.05, 0) is 65.6 Å². The van der Waals surface area contributed by atoms with Crippen LogP contribution in [0.5, 0.6) is 0 Å². The summed E-state index contributed by atoms with van der Waals surface area (Å²) in [5, 5.41) is 13.9. The van der Waals surface area contributed by atoms with Crippen molar-refractivity contribution in [1.82, 2.24) is 4.98 Å². The molecule has 2 N–H and O–H groups in total. The summed E-state index contributed by atoms with van der Waals surface area (Å²) in [6.45, 7) is 2.20. The Morgan fingerprint density at radius 2 is 1.79 bits per heavy atom. The number of rotatable bonds is 3. The minimum absolute atomic E-state index is 0.0378. The first-order valence-electron chi connectivity index (χ1n) is 9.77. The molecule has 4 nitrogen and oxygen atoms in total. The number of benzene rings is 2. The molecule has 1 saturated heterocycles. The molecule has 4 aromatic rings. The van der Waals surface area contributed by atoms with Crippen molar-refractivity contribution in [3.05, 3.63) is 63.8 Å². The monoisotopic (exact) mass is 390 g/mol. The lowest BCUT2D eigenvalue weighted by atomic mass is 9.93. The average Bonchev–Trinajstić information content (AvgIpc) is 3.25. The highest BCUT2D eigenvalue weighted by molar-refractivity contribution is 7.17. The zero-order chi connectivity index (χ0) is 19.1. The van der Waals surface area contributed by atoms with Crippen molar-refractivity contribution in [3.63, 3.8) is 0 Å². The first kappa shape index (κ1) is 17.5. The van der Waals surface area contributed by atoms with Gasteiger partial charge in [0.2, 0.25) is 0 Å². The lowest BCUT2D eigenvalue weighted by Crippen LogP contribution is -2.29. The maximum atomic E-state index is 12.4. The van der Waals surface area contributed by atoms with Crippen LogP contribution >= 0.6 is 11.3 Å². The number of aromatic nitrogens is 1. The highest BCUT2D eigenvalue weighted by Crippen LogP contribution is 2.37. The highest BCUT2D eigenvalue weighted by atomic mass is 32.1. The van der Waals surface area contributed by atoms with Crippen LogP contribution in [0.1, 0.15) is 24.8 Å². The zero-order valence-electron chi connectivity index (χ0n) is 15.6. The van der Waals surface area contributed by atoms with E-state index in [9.17, 15) is 9.90 Å². The summed E-state index contributed by atoms with van der Waals surface area (Å²) in [5.41, 5.74) is 4.95. The number of H-pyrrole nitrogens is 1. The second-order valence-electron chi connectivity index (χ2n) is 7.39. The Balaban J connectivity index is 1.71. The maximum absolute atomic E-state index is 12.4. The fraction of sp³-hybridized carbons (Fsp3) is 0.261. The van der Waals surface area contributed by atoms with Gasteiger partial charge in [-0.3, -0.25) is 4.79 Å². The fourth-order valence-corrected chi connectivity index (χ4v) is 5.14. The van der Waals surface area contributed by atoms with E-state index in [4.69, 9.17) is 0 Å². The number of piperidine rings is 1. The molecular weight excluding hydrogens is 368 g/mol. The Hall–Kier alpha value is -2.63. The number of nitrogens with zero attached hydrogens (tertiary/aromatic N) is 1. The molecule has 28 heavy (non-hydrogen) atoms. The van der Waals surface area contributed by atoms with Crippen LogP contribution in [0, 0.1) is 0 Å². The molecule has 0 spiro atoms. The SMILES string of the molecule is O=c1[nH]c2ccc(CO)c(-c3ccc(N4CCCCC4)cc3)c2c2ccsc12. The second-order valence-corrected chi connectivity index (χ2v) is 8.31. The Morgan fingerprint density at radius 3 is 2.54 bits per heavy atom. The highest BCUT2D eigenvalue weighted by Gasteiger charge is 2.16. The molecule has 2 aromatic carbocycles. The third-order valence-corrected chi connectivity index (χ3v) is 6.64. The van der Waals surface area contributed by atoms with Crippen LogP contribution in [0.25, 0.3) is 32.1 Å². The number of hydrogen-bond donors (Lipinski definition) is 2. The number of aliphatic hydroxyl groups is 1. The van der Waals surface area contributed by atoms with Crippen LogP contribution in [-0.2, 0) is 6.61 Å². The molecule has 0 atom stereocenters. The van der Waals surface area contributed by atoms with Gasteiger partial charge in [0, 0.05) is 35.1 Å². The van der Waals surface area contributed by atoms with Gasteiger partial charge in [-0.1, -0.05) is 18.2 Å². The largest absolute Gasteiger partial charge is 0.392 e. The standard InChI is InChI=1S/C23H22N2O2S/c26-14-16-6-9-19-21(18-10-13-28-22(18)23(27)24-19)20(16)15-4-7-17(8-5-15)25-11-2-1-3-12-25/h4-10,13,26H,1-3,11-12,14H2,(H,24,27). The predicted molar refractivity (Wildman–Crippen MR) is 117 cm³/mol. The first-order chi connectivity index (χ1) is 13.8. The van der Waals surface area contributed by atoms with Crippen molar-refractivity contribution in [2.75, 3.05) is 18.0 Å². The van der Waals surface area contributed by atoms with E-state index >= 15 is 0 Å². The predicted octanol–water partition coefficient (Wildman–Crippen LogP) is 4.89. The number of nitrogens with one attached hydrogen (secondary N) is 1. The summed E-state index contributed by atoms with van der Waals surface area (Å²) in [6, 6.07) is 14.4. The van der Waals surface area contributed by atoms with E-state index in [0.717, 1.165) is 50.8 Å². The van der Waals surface area contributed by atoms with Crippen molar-refractivity contribution in [3.8, 4) is 11.1 Å². The van der Waals surface area contributed by atoms with Crippen LogP contribution in [0.3, 0.4) is 0 Å². The molecule has 142 valence electrons. The number of fused-ring (bicyclic) bond motifs is 3. The maximum Gasteiger partial charge on any atom is 0.266 e. The normalized spacial score (nSPS) is 14.8. The fourth-order valence-electron chi connectivity index (χ4n) is 4.34. The van der Waals surface area contributed by atoms with E-state index in [1.807, 2.05) is 23.6 Å². The topological polar surface area (TPSA) is 56.3 Å². The lowest BCUT2D eigenvalue weighted by Gasteiger charge is -2.29. The summed E-state index contributed by atoms with van der Waals surface area (Å²) in [6.07, 6.45) is 3.83. The second kappa shape index (κ2) is 7.08. The molecular formula is C23H22N2O2S. The molecule has 2 aromatic heterocycles. The Bertz CT molecular complexity index is 1200. The number of pyridine rings is 1. The third kappa shape index (κ3) is 2.82. The van der Waals surface area contributed by atoms with Gasteiger partial charge in [0.1, 0.15) is 4.70 Å². The van der Waals surface area contributed by atoms with Crippen molar-refractivity contribution in [2.24, 2.45) is 0 Å². The van der Waals surface area contributed by atoms with Crippen LogP contribution < -0.4 is 10.5 Å². The van der Waals surface area contributed by atoms with Crippen LogP contribution in [0.2, 0.25) is 0 Å². The van der Waals surface area contributed by atoms with Gasteiger partial charge in [-0.2, -0.15) is 0 Å². The number of thiophene rings is 1. The molecule has 0 radical (unpaired) electrons. The molecule has 1 fully saturated rings. The number of aliphatic hydroxyl groups excluding tert-OH is 1. The average molecular weight is 391 g/mol. The van der Waals surface area contributed by atoms with Gasteiger partial charge in [0.15, 0.2) is 0 Å². The van der Waals surface area contributed by atoms with Gasteiger partial charge in [-0.15, -0.1) is 11.3 Å². The van der Waals surface area contributed by atoms with E-state index in [2.05, 4.69) is 34.1 Å². The molecule has 0 aliphatic carbocycles. The molecule has 1 aliphatic rings. The van der Waals surface area contributed by atoms with Crippen LogP contribution in [0.15, 0.2) is 52.6 Å². The minimum Gasteiger partial charge on any atom is -0.392 e. The quantitative estimate of drug-likeness (QED) is 0.523. The summed E-state index contributed by atoms with van der Waals surface area (Å²) < 4.78 is 0.730. The molecule has 5 rings (SSSR count). The van der Waals surface area contributed by atoms with E-state index in [1.54, 1.807) is 0 Å². The van der Waals surface area contributed by atoms with Gasteiger partial charge in [0.25, 0.3) is 5.56 Å². The number of anilines is 1. The smallest absolute Gasteiger partial charge is 0.266 e. The molecule has 0 unspecified atom stereocenters. The Morgan fingerprint density at radius 1 is 1.00 bits per heavy atom. The van der Waals surface area contributed by atoms with Crippen LogP contribution in [-0.4, -0.2) is 23.2 Å². The van der Waals surface area contributed by atoms with Crippen molar-refractivity contribution in [2.45, 2.75) is 25.9 Å². The Kier molecular flexibility index (Phi) is 4.41. The third-order valence-electron chi connectivity index (χ3n) is 5.73. The Labute approximate surface area is 167 Å². The summed E-state index contributed by atoms with van der Waals surface area (Å²) in [4.78, 5) is 17.8. The van der Waals surface area contributed by atoms with E-state index < -0.39 is 0 Å². The molecule has 0 bridgehead atoms. The number of hydrogen-bond acceptors (Lipinski definition) is 4. The molecule has 1 aliphatic heterocycles. The molecule has 0 amide bonds. The number of aromatic amines is 1. The summed E-state index contributed by atoms with van der Waals surface area (Å²) >= 11 is 1.45. The van der Waals surface area contributed by atoms with Crippen molar-refractivity contribution in [1.29, 1.82) is 0 Å². The lowest BCUT2D eigenvalue weighted by molar-refractivity contribution is 0.282. The van der Waals surface area contributed by atoms with E-state index in [-0.39, 0.29) is 12.2 Å². The minimum atomic E-state index is -0.0550. The van der Waals surface area contributed by atoms with E-state index in [1.165, 1.54) is 36.3 Å². The van der Waals surface area contributed by atoms with Crippen LogP contribution in [0.4, 0.5) is 5.69 Å². The summed E-state index contributed by atoms with van der Waals surface area (Å²) in [7, 11) is 0. The molecule has 5 heteroatoms. The zero-order valence-corrected chi connectivity index (χ0v) is 16.4. The van der Waals surface area contributed by atoms with Gasteiger partial charge in [0.05, 0.1) is 6.61 Å². The van der Waals surface area contributed by atoms with Gasteiger partial charge < -0.3 is 15.0 Å². The molecule has 3 heterocycles.